The van der Waals surface area contributed by atoms with Gasteiger partial charge in [-0.05, 0) is 33.6 Å². The van der Waals surface area contributed by atoms with Crippen LogP contribution in [0.3, 0.4) is 0 Å². The molecule has 0 atom stereocenters. The number of aromatic hydroxyl groups is 2. The van der Waals surface area contributed by atoms with Crippen LogP contribution in [-0.4, -0.2) is 21.1 Å². The predicted molar refractivity (Wildman–Crippen MR) is 72.8 cm³/mol. The van der Waals surface area contributed by atoms with Crippen molar-refractivity contribution in [1.29, 1.82) is 0 Å². The number of hydrogen-bond acceptors (Lipinski definition) is 4. The summed E-state index contributed by atoms with van der Waals surface area (Å²) in [6.07, 6.45) is 0. The summed E-state index contributed by atoms with van der Waals surface area (Å²) in [5, 5.41) is 21.5. The van der Waals surface area contributed by atoms with Crippen molar-refractivity contribution in [3.05, 3.63) is 51.9 Å². The lowest BCUT2D eigenvalue weighted by molar-refractivity contribution is 0.0941. The molecule has 0 aliphatic rings. The first-order valence-electron chi connectivity index (χ1n) is 5.58. The zero-order chi connectivity index (χ0) is 14.7. The Morgan fingerprint density at radius 2 is 1.95 bits per heavy atom. The van der Waals surface area contributed by atoms with E-state index in [2.05, 4.69) is 26.2 Å². The topological polar surface area (TPSA) is 82.5 Å². The van der Waals surface area contributed by atoms with Crippen LogP contribution in [0.25, 0.3) is 0 Å². The molecular formula is C13H10BrFN2O3. The molecule has 0 aliphatic carbocycles. The highest BCUT2D eigenvalue weighted by Gasteiger charge is 2.17. The van der Waals surface area contributed by atoms with Crippen molar-refractivity contribution in [1.82, 2.24) is 10.3 Å². The number of aromatic nitrogens is 1. The SMILES string of the molecule is O=C(NCc1ccc(F)cc1)c1nc(O)cc(Br)c1O. The highest BCUT2D eigenvalue weighted by atomic mass is 79.9. The second kappa shape index (κ2) is 5.87. The fraction of sp³-hybridized carbons (Fsp3) is 0.0769. The standard InChI is InChI=1S/C13H10BrFN2O3/c14-9-5-10(18)17-11(12(9)19)13(20)16-6-7-1-3-8(15)4-2-7/h1-5,19H,6H2,(H,16,20)(H,17,18). The maximum absolute atomic E-state index is 12.7. The Morgan fingerprint density at radius 1 is 1.30 bits per heavy atom. The molecule has 3 N–H and O–H groups in total. The molecule has 5 nitrogen and oxygen atoms in total. The Labute approximate surface area is 122 Å². The smallest absolute Gasteiger partial charge is 0.274 e. The molecule has 0 radical (unpaired) electrons. The van der Waals surface area contributed by atoms with Crippen molar-refractivity contribution in [3.8, 4) is 11.6 Å². The zero-order valence-electron chi connectivity index (χ0n) is 10.1. The Balaban J connectivity index is 2.11. The van der Waals surface area contributed by atoms with Gasteiger partial charge in [-0.2, -0.15) is 0 Å². The zero-order valence-corrected chi connectivity index (χ0v) is 11.7. The number of nitrogens with one attached hydrogen (secondary N) is 1. The first-order chi connectivity index (χ1) is 9.47. The number of amides is 1. The number of rotatable bonds is 3. The Morgan fingerprint density at radius 3 is 2.60 bits per heavy atom. The monoisotopic (exact) mass is 340 g/mol. The third-order valence-electron chi connectivity index (χ3n) is 2.51. The third kappa shape index (κ3) is 3.24. The molecule has 0 aliphatic heterocycles. The quantitative estimate of drug-likeness (QED) is 0.800. The van der Waals surface area contributed by atoms with Crippen LogP contribution >= 0.6 is 15.9 Å². The van der Waals surface area contributed by atoms with E-state index < -0.39 is 5.91 Å². The van der Waals surface area contributed by atoms with Crippen molar-refractivity contribution < 1.29 is 19.4 Å². The van der Waals surface area contributed by atoms with E-state index >= 15 is 0 Å². The minimum absolute atomic E-state index is 0.146. The maximum atomic E-state index is 12.7. The summed E-state index contributed by atoms with van der Waals surface area (Å²) in [5.74, 6) is -1.76. The van der Waals surface area contributed by atoms with Gasteiger partial charge < -0.3 is 15.5 Å². The Hall–Kier alpha value is -2.15. The largest absolute Gasteiger partial charge is 0.504 e. The van der Waals surface area contributed by atoms with Crippen molar-refractivity contribution >= 4 is 21.8 Å². The molecule has 20 heavy (non-hydrogen) atoms. The normalized spacial score (nSPS) is 10.3. The molecule has 104 valence electrons. The van der Waals surface area contributed by atoms with Crippen LogP contribution in [-0.2, 0) is 6.54 Å². The molecule has 0 unspecified atom stereocenters. The summed E-state index contributed by atoms with van der Waals surface area (Å²) in [7, 11) is 0. The second-order valence-electron chi connectivity index (χ2n) is 3.97. The molecular weight excluding hydrogens is 331 g/mol. The lowest BCUT2D eigenvalue weighted by Crippen LogP contribution is -2.24. The number of carbonyl (C=O) groups is 1. The lowest BCUT2D eigenvalue weighted by atomic mass is 10.2. The van der Waals surface area contributed by atoms with Crippen LogP contribution in [0, 0.1) is 5.82 Å². The van der Waals surface area contributed by atoms with Gasteiger partial charge in [-0.25, -0.2) is 9.37 Å². The van der Waals surface area contributed by atoms with E-state index in [1.54, 1.807) is 0 Å². The number of carbonyl (C=O) groups excluding carboxylic acids is 1. The van der Waals surface area contributed by atoms with Crippen molar-refractivity contribution in [2.45, 2.75) is 6.54 Å². The van der Waals surface area contributed by atoms with Gasteiger partial charge in [0.15, 0.2) is 11.4 Å². The summed E-state index contributed by atoms with van der Waals surface area (Å²) in [6, 6.07) is 6.79. The minimum atomic E-state index is -0.650. The van der Waals surface area contributed by atoms with Crippen molar-refractivity contribution in [2.75, 3.05) is 0 Å². The summed E-state index contributed by atoms with van der Waals surface area (Å²) >= 11 is 3.00. The van der Waals surface area contributed by atoms with Crippen LogP contribution in [0.2, 0.25) is 0 Å². The molecule has 0 spiro atoms. The molecule has 0 saturated heterocycles. The van der Waals surface area contributed by atoms with Crippen LogP contribution < -0.4 is 5.32 Å². The third-order valence-corrected chi connectivity index (χ3v) is 3.12. The van der Waals surface area contributed by atoms with E-state index in [0.717, 1.165) is 0 Å². The summed E-state index contributed by atoms with van der Waals surface area (Å²) in [4.78, 5) is 15.4. The van der Waals surface area contributed by atoms with Crippen LogP contribution in [0.15, 0.2) is 34.8 Å². The van der Waals surface area contributed by atoms with E-state index in [1.165, 1.54) is 30.3 Å². The number of halogens is 2. The average Bonchev–Trinajstić information content (AvgIpc) is 2.42. The van der Waals surface area contributed by atoms with E-state index in [-0.39, 0.29) is 34.2 Å². The van der Waals surface area contributed by atoms with Gasteiger partial charge in [0.1, 0.15) is 5.82 Å². The highest BCUT2D eigenvalue weighted by Crippen LogP contribution is 2.29. The molecule has 0 bridgehead atoms. The molecule has 2 rings (SSSR count). The van der Waals surface area contributed by atoms with Crippen molar-refractivity contribution in [2.24, 2.45) is 0 Å². The maximum Gasteiger partial charge on any atom is 0.274 e. The molecule has 1 amide bonds. The van der Waals surface area contributed by atoms with E-state index in [4.69, 9.17) is 0 Å². The Kier molecular flexibility index (Phi) is 4.19. The number of benzene rings is 1. The fourth-order valence-electron chi connectivity index (χ4n) is 1.52. The van der Waals surface area contributed by atoms with Gasteiger partial charge in [0.2, 0.25) is 5.88 Å². The number of hydrogen-bond donors (Lipinski definition) is 3. The summed E-state index contributed by atoms with van der Waals surface area (Å²) in [6.45, 7) is 0.146. The number of nitrogens with zero attached hydrogens (tertiary/aromatic N) is 1. The minimum Gasteiger partial charge on any atom is -0.504 e. The first-order valence-corrected chi connectivity index (χ1v) is 6.38. The van der Waals surface area contributed by atoms with Gasteiger partial charge in [-0.15, -0.1) is 0 Å². The predicted octanol–water partition coefficient (Wildman–Crippen LogP) is 2.32. The molecule has 1 aromatic heterocycles. The van der Waals surface area contributed by atoms with Crippen LogP contribution in [0.1, 0.15) is 16.1 Å². The molecule has 1 heterocycles. The van der Waals surface area contributed by atoms with Gasteiger partial charge in [-0.1, -0.05) is 12.1 Å². The van der Waals surface area contributed by atoms with E-state index in [1.807, 2.05) is 0 Å². The van der Waals surface area contributed by atoms with Gasteiger partial charge in [-0.3, -0.25) is 4.79 Å². The fourth-order valence-corrected chi connectivity index (χ4v) is 1.91. The van der Waals surface area contributed by atoms with Crippen LogP contribution in [0.5, 0.6) is 11.6 Å². The van der Waals surface area contributed by atoms with Gasteiger partial charge in [0, 0.05) is 12.6 Å². The molecule has 0 fully saturated rings. The van der Waals surface area contributed by atoms with Crippen LogP contribution in [0.4, 0.5) is 4.39 Å². The average molecular weight is 341 g/mol. The van der Waals surface area contributed by atoms with Crippen molar-refractivity contribution in [3.63, 3.8) is 0 Å². The van der Waals surface area contributed by atoms with E-state index in [0.29, 0.717) is 5.56 Å². The lowest BCUT2D eigenvalue weighted by Gasteiger charge is -2.07. The number of pyridine rings is 1. The summed E-state index contributed by atoms with van der Waals surface area (Å²) in [5.41, 5.74) is 0.400. The van der Waals surface area contributed by atoms with Gasteiger partial charge >= 0.3 is 0 Å². The second-order valence-corrected chi connectivity index (χ2v) is 4.82. The molecule has 7 heteroatoms. The highest BCUT2D eigenvalue weighted by molar-refractivity contribution is 9.10. The summed E-state index contributed by atoms with van der Waals surface area (Å²) < 4.78 is 12.9. The Bertz CT molecular complexity index is 647. The molecule has 0 saturated carbocycles. The molecule has 2 aromatic rings. The van der Waals surface area contributed by atoms with Gasteiger partial charge in [0.25, 0.3) is 5.91 Å². The molecule has 1 aromatic carbocycles. The van der Waals surface area contributed by atoms with E-state index in [9.17, 15) is 19.4 Å². The first kappa shape index (κ1) is 14.3. The van der Waals surface area contributed by atoms with Gasteiger partial charge in [0.05, 0.1) is 4.47 Å².